The first-order valence-corrected chi connectivity index (χ1v) is 13.3. The molecular weight excluding hydrogens is 464 g/mol. The first-order valence-electron chi connectivity index (χ1n) is 13.3. The van der Waals surface area contributed by atoms with Crippen molar-refractivity contribution in [1.29, 1.82) is 0 Å². The van der Waals surface area contributed by atoms with Crippen LogP contribution in [0.15, 0.2) is 48.7 Å². The molecular formula is C29H32N6O2. The van der Waals surface area contributed by atoms with E-state index in [1.165, 1.54) is 19.3 Å². The number of aromatic hydroxyl groups is 1. The van der Waals surface area contributed by atoms with E-state index in [9.17, 15) is 5.11 Å². The first-order chi connectivity index (χ1) is 18.1. The molecule has 0 radical (unpaired) electrons. The number of anilines is 1. The molecule has 8 heteroatoms. The number of nitrogens with one attached hydrogen (secondary N) is 1. The lowest BCUT2D eigenvalue weighted by molar-refractivity contribution is 0.188. The molecule has 3 fully saturated rings. The Morgan fingerprint density at radius 2 is 1.89 bits per heavy atom. The molecule has 3 aliphatic heterocycles. The second kappa shape index (κ2) is 9.11. The average Bonchev–Trinajstić information content (AvgIpc) is 3.49. The van der Waals surface area contributed by atoms with E-state index in [1.807, 2.05) is 24.4 Å². The molecule has 3 atom stereocenters. The summed E-state index contributed by atoms with van der Waals surface area (Å²) in [5.74, 6) is 1.09. The zero-order valence-electron chi connectivity index (χ0n) is 21.1. The quantitative estimate of drug-likeness (QED) is 0.429. The topological polar surface area (TPSA) is 86.6 Å². The maximum atomic E-state index is 10.4. The summed E-state index contributed by atoms with van der Waals surface area (Å²) in [6.07, 6.45) is 6.60. The molecule has 2 aromatic heterocycles. The molecule has 4 aromatic rings. The van der Waals surface area contributed by atoms with Crippen LogP contribution in [-0.2, 0) is 0 Å². The number of aromatic nitrogens is 3. The van der Waals surface area contributed by atoms with Gasteiger partial charge in [-0.05, 0) is 73.8 Å². The van der Waals surface area contributed by atoms with Gasteiger partial charge in [-0.3, -0.25) is 4.98 Å². The SMILES string of the molecule is CN1CCCC1COc1nc(N2CC3CCC(C2)N3)c2ncc(-c3cc(O)cc4ccccc34)cc2n1. The summed E-state index contributed by atoms with van der Waals surface area (Å²) in [6.45, 7) is 3.51. The number of piperazine rings is 1. The molecule has 2 bridgehead atoms. The second-order valence-electron chi connectivity index (χ2n) is 10.8. The maximum absolute atomic E-state index is 10.4. The van der Waals surface area contributed by atoms with Crippen molar-refractivity contribution in [3.05, 3.63) is 48.7 Å². The van der Waals surface area contributed by atoms with E-state index in [-0.39, 0.29) is 5.75 Å². The van der Waals surface area contributed by atoms with E-state index in [4.69, 9.17) is 19.7 Å². The molecule has 2 N–H and O–H groups in total. The van der Waals surface area contributed by atoms with Gasteiger partial charge in [0.1, 0.15) is 17.9 Å². The third kappa shape index (κ3) is 4.24. The smallest absolute Gasteiger partial charge is 0.319 e. The van der Waals surface area contributed by atoms with Gasteiger partial charge in [-0.2, -0.15) is 9.97 Å². The lowest BCUT2D eigenvalue weighted by Gasteiger charge is -2.34. The molecule has 3 unspecified atom stereocenters. The Labute approximate surface area is 216 Å². The third-order valence-corrected chi connectivity index (χ3v) is 8.25. The summed E-state index contributed by atoms with van der Waals surface area (Å²) in [4.78, 5) is 19.4. The average molecular weight is 497 g/mol. The highest BCUT2D eigenvalue weighted by atomic mass is 16.5. The van der Waals surface area contributed by atoms with Crippen LogP contribution in [0.25, 0.3) is 32.9 Å². The van der Waals surface area contributed by atoms with Crippen LogP contribution < -0.4 is 15.0 Å². The van der Waals surface area contributed by atoms with Gasteiger partial charge in [0.25, 0.3) is 0 Å². The number of rotatable bonds is 5. The summed E-state index contributed by atoms with van der Waals surface area (Å²) >= 11 is 0. The monoisotopic (exact) mass is 496 g/mol. The molecule has 190 valence electrons. The molecule has 2 aromatic carbocycles. The highest BCUT2D eigenvalue weighted by Crippen LogP contribution is 2.35. The lowest BCUT2D eigenvalue weighted by Crippen LogP contribution is -2.51. The first kappa shape index (κ1) is 22.7. The Morgan fingerprint density at radius 1 is 1.05 bits per heavy atom. The number of nitrogens with zero attached hydrogens (tertiary/aromatic N) is 5. The molecule has 8 nitrogen and oxygen atoms in total. The zero-order valence-corrected chi connectivity index (χ0v) is 21.1. The number of pyridine rings is 1. The van der Waals surface area contributed by atoms with Gasteiger partial charge in [0, 0.05) is 43.0 Å². The number of ether oxygens (including phenoxy) is 1. The normalized spacial score (nSPS) is 23.8. The fourth-order valence-electron chi connectivity index (χ4n) is 6.28. The van der Waals surface area contributed by atoms with Crippen molar-refractivity contribution in [2.75, 3.05) is 38.2 Å². The van der Waals surface area contributed by atoms with Crippen molar-refractivity contribution in [1.82, 2.24) is 25.2 Å². The summed E-state index contributed by atoms with van der Waals surface area (Å²) in [5, 5.41) is 16.2. The minimum absolute atomic E-state index is 0.234. The predicted molar refractivity (Wildman–Crippen MR) is 145 cm³/mol. The van der Waals surface area contributed by atoms with E-state index < -0.39 is 0 Å². The van der Waals surface area contributed by atoms with Crippen molar-refractivity contribution in [3.63, 3.8) is 0 Å². The molecule has 3 saturated heterocycles. The van der Waals surface area contributed by atoms with Crippen LogP contribution in [0.5, 0.6) is 11.8 Å². The number of phenols is 1. The third-order valence-electron chi connectivity index (χ3n) is 8.25. The summed E-state index contributed by atoms with van der Waals surface area (Å²) in [7, 11) is 2.15. The van der Waals surface area contributed by atoms with Gasteiger partial charge in [-0.15, -0.1) is 0 Å². The molecule has 5 heterocycles. The number of fused-ring (bicyclic) bond motifs is 4. The highest BCUT2D eigenvalue weighted by Gasteiger charge is 2.34. The number of benzene rings is 2. The van der Waals surface area contributed by atoms with Gasteiger partial charge in [0.15, 0.2) is 5.82 Å². The number of likely N-dealkylation sites (N-methyl/N-ethyl adjacent to an activating group) is 1. The van der Waals surface area contributed by atoms with E-state index >= 15 is 0 Å². The van der Waals surface area contributed by atoms with Crippen molar-refractivity contribution in [3.8, 4) is 22.9 Å². The standard InChI is InChI=1S/C29H32N6O2/c1-34-10-4-6-22(34)17-37-29-32-26-12-19(25-13-23(36)11-18-5-2-3-7-24(18)25)14-30-27(26)28(33-29)35-15-20-8-9-21(16-35)31-20/h2-3,5,7,11-14,20-22,31,36H,4,6,8-10,15-17H2,1H3. The Balaban J connectivity index is 1.32. The van der Waals surface area contributed by atoms with Gasteiger partial charge < -0.3 is 25.0 Å². The van der Waals surface area contributed by atoms with Crippen LogP contribution in [0, 0.1) is 0 Å². The van der Waals surface area contributed by atoms with Gasteiger partial charge in [0.05, 0.1) is 5.52 Å². The van der Waals surface area contributed by atoms with Gasteiger partial charge in [-0.1, -0.05) is 24.3 Å². The van der Waals surface area contributed by atoms with E-state index in [2.05, 4.69) is 34.3 Å². The molecule has 0 aliphatic carbocycles. The molecule has 0 spiro atoms. The largest absolute Gasteiger partial charge is 0.508 e. The van der Waals surface area contributed by atoms with Crippen LogP contribution in [-0.4, -0.2) is 76.4 Å². The molecule has 7 rings (SSSR count). The van der Waals surface area contributed by atoms with Crippen molar-refractivity contribution >= 4 is 27.6 Å². The minimum atomic E-state index is 0.234. The van der Waals surface area contributed by atoms with Crippen LogP contribution in [0.4, 0.5) is 5.82 Å². The number of likely N-dealkylation sites (tertiary alicyclic amines) is 1. The summed E-state index contributed by atoms with van der Waals surface area (Å²) in [5.41, 5.74) is 3.39. The van der Waals surface area contributed by atoms with E-state index in [0.29, 0.717) is 30.7 Å². The summed E-state index contributed by atoms with van der Waals surface area (Å²) in [6, 6.07) is 15.5. The van der Waals surface area contributed by atoms with Crippen LogP contribution in [0.1, 0.15) is 25.7 Å². The van der Waals surface area contributed by atoms with Crippen molar-refractivity contribution < 1.29 is 9.84 Å². The fourth-order valence-corrected chi connectivity index (χ4v) is 6.28. The number of hydrogen-bond acceptors (Lipinski definition) is 8. The molecule has 0 saturated carbocycles. The summed E-state index contributed by atoms with van der Waals surface area (Å²) < 4.78 is 6.23. The number of hydrogen-bond donors (Lipinski definition) is 2. The maximum Gasteiger partial charge on any atom is 0.319 e. The van der Waals surface area contributed by atoms with Gasteiger partial charge >= 0.3 is 6.01 Å². The molecule has 37 heavy (non-hydrogen) atoms. The minimum Gasteiger partial charge on any atom is -0.508 e. The fraction of sp³-hybridized carbons (Fsp3) is 0.414. The lowest BCUT2D eigenvalue weighted by atomic mass is 9.98. The molecule has 3 aliphatic rings. The Kier molecular flexibility index (Phi) is 5.59. The molecule has 0 amide bonds. The Bertz CT molecular complexity index is 1460. The predicted octanol–water partition coefficient (Wildman–Crippen LogP) is 3.96. The van der Waals surface area contributed by atoms with Gasteiger partial charge in [0.2, 0.25) is 0 Å². The Hall–Kier alpha value is -3.49. The number of phenolic OH excluding ortho intramolecular Hbond substituents is 1. The van der Waals surface area contributed by atoms with Gasteiger partial charge in [-0.25, -0.2) is 0 Å². The van der Waals surface area contributed by atoms with E-state index in [1.54, 1.807) is 12.1 Å². The van der Waals surface area contributed by atoms with Crippen LogP contribution in [0.2, 0.25) is 0 Å². The van der Waals surface area contributed by atoms with Crippen LogP contribution in [0.3, 0.4) is 0 Å². The second-order valence-corrected chi connectivity index (χ2v) is 10.8. The Morgan fingerprint density at radius 3 is 2.70 bits per heavy atom. The van der Waals surface area contributed by atoms with Crippen LogP contribution >= 0.6 is 0 Å². The van der Waals surface area contributed by atoms with E-state index in [0.717, 1.165) is 64.8 Å². The van der Waals surface area contributed by atoms with Crippen molar-refractivity contribution in [2.24, 2.45) is 0 Å². The highest BCUT2D eigenvalue weighted by molar-refractivity contribution is 5.99. The zero-order chi connectivity index (χ0) is 24.9. The van der Waals surface area contributed by atoms with Crippen molar-refractivity contribution in [2.45, 2.75) is 43.8 Å².